The first-order valence-corrected chi connectivity index (χ1v) is 15.6. The Labute approximate surface area is 232 Å². The third-order valence-corrected chi connectivity index (χ3v) is 9.00. The van der Waals surface area contributed by atoms with Crippen LogP contribution in [-0.2, 0) is 30.8 Å². The lowest BCUT2D eigenvalue weighted by Crippen LogP contribution is -2.61. The highest BCUT2D eigenvalue weighted by molar-refractivity contribution is 7.88. The Hall–Kier alpha value is -2.66. The van der Waals surface area contributed by atoms with Crippen molar-refractivity contribution in [3.05, 3.63) is 35.4 Å². The van der Waals surface area contributed by atoms with Crippen molar-refractivity contribution in [1.29, 1.82) is 0 Å². The van der Waals surface area contributed by atoms with E-state index >= 15 is 0 Å². The zero-order valence-electron chi connectivity index (χ0n) is 24.0. The summed E-state index contributed by atoms with van der Waals surface area (Å²) in [6.45, 7) is 10.2. The molecule has 0 aromatic heterocycles. The largest absolute Gasteiger partial charge is 0.444 e. The number of sulfonamides is 1. The second kappa shape index (κ2) is 12.2. The molecule has 2 aliphatic heterocycles. The molecule has 1 aromatic rings. The van der Waals surface area contributed by atoms with Crippen LogP contribution in [0.4, 0.5) is 4.79 Å². The lowest BCUT2D eigenvalue weighted by molar-refractivity contribution is -0.134. The minimum atomic E-state index is -3.17. The van der Waals surface area contributed by atoms with E-state index in [9.17, 15) is 22.8 Å². The summed E-state index contributed by atoms with van der Waals surface area (Å²) in [7, 11) is -3.17. The van der Waals surface area contributed by atoms with Gasteiger partial charge in [-0.3, -0.25) is 14.5 Å². The number of piperidine rings is 2. The number of rotatable bonds is 7. The van der Waals surface area contributed by atoms with Gasteiger partial charge >= 0.3 is 6.09 Å². The molecular formula is C28H44N4O6S. The quantitative estimate of drug-likeness (QED) is 0.522. The monoisotopic (exact) mass is 564 g/mol. The van der Waals surface area contributed by atoms with Gasteiger partial charge in [-0.05, 0) is 76.3 Å². The van der Waals surface area contributed by atoms with E-state index in [-0.39, 0.29) is 24.3 Å². The third kappa shape index (κ3) is 8.17. The fourth-order valence-electron chi connectivity index (χ4n) is 5.50. The second-order valence-electron chi connectivity index (χ2n) is 12.1. The fourth-order valence-corrected chi connectivity index (χ4v) is 6.38. The Morgan fingerprint density at radius 2 is 1.64 bits per heavy atom. The Bertz CT molecular complexity index is 1140. The summed E-state index contributed by atoms with van der Waals surface area (Å²) in [6.07, 6.45) is 3.93. The van der Waals surface area contributed by atoms with Crippen molar-refractivity contribution in [2.24, 2.45) is 11.7 Å². The number of nitrogens with two attached hydrogens (primary N) is 1. The first kappa shape index (κ1) is 30.9. The van der Waals surface area contributed by atoms with Gasteiger partial charge in [-0.15, -0.1) is 0 Å². The number of likely N-dealkylation sites (tertiary alicyclic amines) is 1. The van der Waals surface area contributed by atoms with E-state index in [0.717, 1.165) is 36.8 Å². The maximum atomic E-state index is 13.5. The summed E-state index contributed by atoms with van der Waals surface area (Å²) in [5.74, 6) is -0.924. The molecule has 2 fully saturated rings. The van der Waals surface area contributed by atoms with Crippen LogP contribution in [0, 0.1) is 5.92 Å². The van der Waals surface area contributed by atoms with E-state index in [1.807, 2.05) is 38.1 Å². The lowest BCUT2D eigenvalue weighted by Gasteiger charge is -2.43. The SMILES string of the molecule is C[C@@H]1CC[C@H](C)N(C(=O)OC(C)(C)C)[C@@H]1C(=O)N[C@@H](Cc1ccc(C2CCN(S(C)(=O)=O)CC2)cc1)C(N)=O. The summed E-state index contributed by atoms with van der Waals surface area (Å²) in [4.78, 5) is 40.3. The van der Waals surface area contributed by atoms with E-state index in [1.54, 1.807) is 20.8 Å². The number of amides is 3. The summed E-state index contributed by atoms with van der Waals surface area (Å²) in [5, 5.41) is 2.80. The number of carbonyl (C=O) groups is 3. The van der Waals surface area contributed by atoms with Crippen molar-refractivity contribution < 1.29 is 27.5 Å². The number of ether oxygens (including phenoxy) is 1. The minimum Gasteiger partial charge on any atom is -0.444 e. The van der Waals surface area contributed by atoms with Crippen LogP contribution >= 0.6 is 0 Å². The van der Waals surface area contributed by atoms with E-state index in [2.05, 4.69) is 5.32 Å². The molecule has 1 aromatic carbocycles. The van der Waals surface area contributed by atoms with Crippen molar-refractivity contribution in [3.8, 4) is 0 Å². The Balaban J connectivity index is 1.68. The molecule has 3 N–H and O–H groups in total. The molecule has 0 unspecified atom stereocenters. The van der Waals surface area contributed by atoms with Gasteiger partial charge in [-0.2, -0.15) is 0 Å². The first-order valence-electron chi connectivity index (χ1n) is 13.7. The van der Waals surface area contributed by atoms with Crippen LogP contribution in [0.1, 0.15) is 77.3 Å². The summed E-state index contributed by atoms with van der Waals surface area (Å²) < 4.78 is 30.7. The second-order valence-corrected chi connectivity index (χ2v) is 14.1. The Kier molecular flexibility index (Phi) is 9.69. The summed E-state index contributed by atoms with van der Waals surface area (Å²) in [5.41, 5.74) is 6.93. The molecule has 0 radical (unpaired) electrons. The standard InChI is InChI=1S/C28H44N4O6S/c1-18-7-8-19(2)32(27(35)38-28(3,4)5)24(18)26(34)30-23(25(29)33)17-20-9-11-21(12-10-20)22-13-15-31(16-14-22)39(6,36)37/h9-12,18-19,22-24H,7-8,13-17H2,1-6H3,(H2,29,33)(H,30,34)/t18-,19+,23+,24+/m1/s1. The molecule has 0 bridgehead atoms. The maximum Gasteiger partial charge on any atom is 0.411 e. The molecule has 0 saturated carbocycles. The first-order chi connectivity index (χ1) is 18.1. The highest BCUT2D eigenvalue weighted by Crippen LogP contribution is 2.31. The molecule has 0 aliphatic carbocycles. The highest BCUT2D eigenvalue weighted by Gasteiger charge is 2.43. The topological polar surface area (TPSA) is 139 Å². The molecule has 10 nitrogen and oxygen atoms in total. The van der Waals surface area contributed by atoms with E-state index in [0.29, 0.717) is 13.1 Å². The van der Waals surface area contributed by atoms with Gasteiger partial charge in [0.15, 0.2) is 0 Å². The van der Waals surface area contributed by atoms with Gasteiger partial charge in [0.05, 0.1) is 6.26 Å². The third-order valence-electron chi connectivity index (χ3n) is 7.70. The number of nitrogens with zero attached hydrogens (tertiary/aromatic N) is 2. The smallest absolute Gasteiger partial charge is 0.411 e. The van der Waals surface area contributed by atoms with Crippen LogP contribution in [0.2, 0.25) is 0 Å². The zero-order valence-corrected chi connectivity index (χ0v) is 24.8. The molecule has 39 heavy (non-hydrogen) atoms. The van der Waals surface area contributed by atoms with Crippen LogP contribution in [0.15, 0.2) is 24.3 Å². The Morgan fingerprint density at radius 3 is 2.15 bits per heavy atom. The van der Waals surface area contributed by atoms with E-state index in [4.69, 9.17) is 10.5 Å². The number of nitrogens with one attached hydrogen (secondary N) is 1. The number of hydrogen-bond acceptors (Lipinski definition) is 6. The molecular weight excluding hydrogens is 520 g/mol. The van der Waals surface area contributed by atoms with Gasteiger partial charge in [0.25, 0.3) is 0 Å². The maximum absolute atomic E-state index is 13.5. The predicted octanol–water partition coefficient (Wildman–Crippen LogP) is 2.76. The van der Waals surface area contributed by atoms with Crippen molar-refractivity contribution in [2.75, 3.05) is 19.3 Å². The summed E-state index contributed by atoms with van der Waals surface area (Å²) >= 11 is 0. The van der Waals surface area contributed by atoms with Gasteiger partial charge in [0, 0.05) is 25.6 Å². The molecule has 2 heterocycles. The van der Waals surface area contributed by atoms with Crippen LogP contribution in [0.25, 0.3) is 0 Å². The highest BCUT2D eigenvalue weighted by atomic mass is 32.2. The average molecular weight is 565 g/mol. The van der Waals surface area contributed by atoms with E-state index < -0.39 is 45.6 Å². The van der Waals surface area contributed by atoms with Crippen molar-refractivity contribution in [2.45, 2.75) is 96.4 Å². The normalized spacial score (nSPS) is 24.2. The lowest BCUT2D eigenvalue weighted by atomic mass is 9.86. The predicted molar refractivity (Wildman–Crippen MR) is 149 cm³/mol. The number of carbonyl (C=O) groups excluding carboxylic acids is 3. The van der Waals surface area contributed by atoms with Crippen LogP contribution < -0.4 is 11.1 Å². The molecule has 11 heteroatoms. The van der Waals surface area contributed by atoms with Gasteiger partial charge in [-0.1, -0.05) is 31.2 Å². The van der Waals surface area contributed by atoms with Gasteiger partial charge < -0.3 is 15.8 Å². The van der Waals surface area contributed by atoms with E-state index in [1.165, 1.54) is 15.5 Å². The molecule has 4 atom stereocenters. The van der Waals surface area contributed by atoms with Gasteiger partial charge in [0.1, 0.15) is 17.7 Å². The van der Waals surface area contributed by atoms with Crippen LogP contribution in [0.5, 0.6) is 0 Å². The van der Waals surface area contributed by atoms with Crippen molar-refractivity contribution >= 4 is 27.9 Å². The zero-order chi connectivity index (χ0) is 29.1. The van der Waals surface area contributed by atoms with Crippen LogP contribution in [-0.4, -0.2) is 78.6 Å². The number of benzene rings is 1. The number of primary amides is 1. The van der Waals surface area contributed by atoms with Crippen molar-refractivity contribution in [3.63, 3.8) is 0 Å². The fraction of sp³-hybridized carbons (Fsp3) is 0.679. The number of hydrogen-bond donors (Lipinski definition) is 2. The van der Waals surface area contributed by atoms with Gasteiger partial charge in [0.2, 0.25) is 21.8 Å². The molecule has 218 valence electrons. The minimum absolute atomic E-state index is 0.115. The van der Waals surface area contributed by atoms with Gasteiger partial charge in [-0.25, -0.2) is 17.5 Å². The summed E-state index contributed by atoms with van der Waals surface area (Å²) in [6, 6.07) is 5.92. The molecule has 3 amide bonds. The Morgan fingerprint density at radius 1 is 1.05 bits per heavy atom. The van der Waals surface area contributed by atoms with Crippen molar-refractivity contribution in [1.82, 2.24) is 14.5 Å². The molecule has 3 rings (SSSR count). The molecule has 2 aliphatic rings. The average Bonchev–Trinajstić information content (AvgIpc) is 2.83. The molecule has 0 spiro atoms. The molecule has 2 saturated heterocycles. The van der Waals surface area contributed by atoms with Crippen LogP contribution in [0.3, 0.4) is 0 Å².